The van der Waals surface area contributed by atoms with Crippen LogP contribution in [0.2, 0.25) is 0 Å². The number of H-pyrrole nitrogens is 1. The number of hydrogen-bond acceptors (Lipinski definition) is 5. The fourth-order valence-corrected chi connectivity index (χ4v) is 2.00. The van der Waals surface area contributed by atoms with Crippen molar-refractivity contribution in [1.82, 2.24) is 19.7 Å². The lowest BCUT2D eigenvalue weighted by atomic mass is 10.6. The lowest BCUT2D eigenvalue weighted by Gasteiger charge is -2.01. The Labute approximate surface area is 95.9 Å². The van der Waals surface area contributed by atoms with Crippen LogP contribution in [0.4, 0.5) is 5.82 Å². The number of nitrogens with two attached hydrogens (primary N) is 1. The highest BCUT2D eigenvalue weighted by molar-refractivity contribution is 7.99. The van der Waals surface area contributed by atoms with E-state index >= 15 is 0 Å². The van der Waals surface area contributed by atoms with Crippen molar-refractivity contribution in [2.24, 2.45) is 0 Å². The summed E-state index contributed by atoms with van der Waals surface area (Å²) in [5, 5.41) is 4.61. The Balaban J connectivity index is 1.92. The molecule has 84 valence electrons. The highest BCUT2D eigenvalue weighted by Crippen LogP contribution is 2.11. The van der Waals surface area contributed by atoms with E-state index in [1.165, 1.54) is 17.8 Å². The molecule has 0 aliphatic rings. The molecule has 0 bridgehead atoms. The minimum atomic E-state index is -0.228. The minimum absolute atomic E-state index is 0.228. The molecule has 0 atom stereocenters. The number of thioether (sulfide) groups is 1. The zero-order valence-electron chi connectivity index (χ0n) is 8.46. The van der Waals surface area contributed by atoms with Crippen molar-refractivity contribution in [2.75, 3.05) is 11.5 Å². The molecule has 3 N–H and O–H groups in total. The Bertz CT molecular complexity index is 507. The molecule has 7 heteroatoms. The van der Waals surface area contributed by atoms with Gasteiger partial charge in [-0.1, -0.05) is 11.8 Å². The fraction of sp³-hybridized carbons (Fsp3) is 0.222. The third-order valence-corrected chi connectivity index (χ3v) is 2.71. The van der Waals surface area contributed by atoms with Crippen molar-refractivity contribution in [1.29, 1.82) is 0 Å². The molecule has 0 aliphatic carbocycles. The van der Waals surface area contributed by atoms with Crippen LogP contribution in [0.15, 0.2) is 34.5 Å². The zero-order valence-corrected chi connectivity index (χ0v) is 9.28. The van der Waals surface area contributed by atoms with Crippen LogP contribution in [0.25, 0.3) is 0 Å². The van der Waals surface area contributed by atoms with Crippen LogP contribution in [-0.2, 0) is 6.54 Å². The summed E-state index contributed by atoms with van der Waals surface area (Å²) >= 11 is 1.44. The second-order valence-corrected chi connectivity index (χ2v) is 4.18. The van der Waals surface area contributed by atoms with Crippen molar-refractivity contribution < 1.29 is 0 Å². The van der Waals surface area contributed by atoms with Gasteiger partial charge in [-0.15, -0.1) is 0 Å². The molecule has 0 saturated carbocycles. The number of nitrogens with one attached hydrogen (secondary N) is 1. The average molecular weight is 237 g/mol. The third kappa shape index (κ3) is 2.86. The summed E-state index contributed by atoms with van der Waals surface area (Å²) in [6.45, 7) is 0.760. The lowest BCUT2D eigenvalue weighted by Crippen LogP contribution is -2.10. The minimum Gasteiger partial charge on any atom is -0.383 e. The molecule has 0 aromatic carbocycles. The summed E-state index contributed by atoms with van der Waals surface area (Å²) in [6, 6.07) is 3.13. The molecule has 2 aromatic rings. The molecule has 0 unspecified atom stereocenters. The molecule has 2 heterocycles. The average Bonchev–Trinajstić information content (AvgIpc) is 2.69. The van der Waals surface area contributed by atoms with Crippen LogP contribution in [0.3, 0.4) is 0 Å². The first-order valence-corrected chi connectivity index (χ1v) is 5.70. The van der Waals surface area contributed by atoms with Crippen LogP contribution >= 0.6 is 11.8 Å². The topological polar surface area (TPSA) is 89.6 Å². The van der Waals surface area contributed by atoms with Gasteiger partial charge in [-0.25, -0.2) is 4.98 Å². The molecular formula is C9H11N5OS. The highest BCUT2D eigenvalue weighted by atomic mass is 32.2. The summed E-state index contributed by atoms with van der Waals surface area (Å²) in [4.78, 5) is 17.7. The number of rotatable bonds is 4. The van der Waals surface area contributed by atoms with E-state index in [0.717, 1.165) is 12.3 Å². The van der Waals surface area contributed by atoms with E-state index in [1.807, 2.05) is 16.9 Å². The molecule has 0 amide bonds. The fourth-order valence-electron chi connectivity index (χ4n) is 1.19. The Morgan fingerprint density at radius 2 is 2.44 bits per heavy atom. The second-order valence-electron chi connectivity index (χ2n) is 3.09. The molecule has 0 saturated heterocycles. The van der Waals surface area contributed by atoms with Crippen LogP contribution in [-0.4, -0.2) is 25.5 Å². The van der Waals surface area contributed by atoms with E-state index in [9.17, 15) is 4.79 Å². The van der Waals surface area contributed by atoms with Gasteiger partial charge >= 0.3 is 0 Å². The van der Waals surface area contributed by atoms with E-state index in [4.69, 9.17) is 5.73 Å². The van der Waals surface area contributed by atoms with E-state index in [1.54, 1.807) is 6.20 Å². The highest BCUT2D eigenvalue weighted by Gasteiger charge is 1.99. The van der Waals surface area contributed by atoms with Gasteiger partial charge in [0.2, 0.25) is 0 Å². The number of anilines is 1. The SMILES string of the molecule is Nc1cc(=O)[nH]c(SCCn2cccn2)n1. The monoisotopic (exact) mass is 237 g/mol. The first kappa shape index (κ1) is 10.7. The van der Waals surface area contributed by atoms with Crippen molar-refractivity contribution in [3.8, 4) is 0 Å². The van der Waals surface area contributed by atoms with Crippen LogP contribution in [0.5, 0.6) is 0 Å². The summed E-state index contributed by atoms with van der Waals surface area (Å²) in [7, 11) is 0. The van der Waals surface area contributed by atoms with Gasteiger partial charge in [0.05, 0.1) is 6.54 Å². The van der Waals surface area contributed by atoms with Crippen molar-refractivity contribution >= 4 is 17.6 Å². The van der Waals surface area contributed by atoms with Gasteiger partial charge in [-0.3, -0.25) is 9.48 Å². The maximum Gasteiger partial charge on any atom is 0.253 e. The summed E-state index contributed by atoms with van der Waals surface area (Å²) in [5.41, 5.74) is 5.24. The van der Waals surface area contributed by atoms with Gasteiger partial charge < -0.3 is 10.7 Å². The molecular weight excluding hydrogens is 226 g/mol. The molecule has 0 fully saturated rings. The van der Waals surface area contributed by atoms with Crippen molar-refractivity contribution in [2.45, 2.75) is 11.7 Å². The second kappa shape index (κ2) is 4.84. The number of hydrogen-bond donors (Lipinski definition) is 2. The van der Waals surface area contributed by atoms with Crippen molar-refractivity contribution in [3.63, 3.8) is 0 Å². The maximum absolute atomic E-state index is 11.1. The van der Waals surface area contributed by atoms with Crippen LogP contribution in [0.1, 0.15) is 0 Å². The first-order valence-electron chi connectivity index (χ1n) is 4.71. The smallest absolute Gasteiger partial charge is 0.253 e. The number of aromatic nitrogens is 4. The molecule has 0 aliphatic heterocycles. The number of nitrogen functional groups attached to an aromatic ring is 1. The molecule has 2 rings (SSSR count). The Kier molecular flexibility index (Phi) is 3.25. The molecule has 6 nitrogen and oxygen atoms in total. The standard InChI is InChI=1S/C9H11N5OS/c10-7-6-8(15)13-9(12-7)16-5-4-14-3-1-2-11-14/h1-3,6H,4-5H2,(H3,10,12,13,15). The van der Waals surface area contributed by atoms with Gasteiger partial charge in [0, 0.05) is 24.2 Å². The van der Waals surface area contributed by atoms with Crippen LogP contribution < -0.4 is 11.3 Å². The maximum atomic E-state index is 11.1. The largest absolute Gasteiger partial charge is 0.383 e. The number of aryl methyl sites for hydroxylation is 1. The van der Waals surface area contributed by atoms with Crippen molar-refractivity contribution in [3.05, 3.63) is 34.9 Å². The van der Waals surface area contributed by atoms with Crippen LogP contribution in [0, 0.1) is 0 Å². The van der Waals surface area contributed by atoms with E-state index < -0.39 is 0 Å². The summed E-state index contributed by atoms with van der Waals surface area (Å²) < 4.78 is 1.82. The van der Waals surface area contributed by atoms with E-state index in [2.05, 4.69) is 15.1 Å². The van der Waals surface area contributed by atoms with E-state index in [-0.39, 0.29) is 11.4 Å². The predicted molar refractivity (Wildman–Crippen MR) is 62.2 cm³/mol. The van der Waals surface area contributed by atoms with Gasteiger partial charge in [0.15, 0.2) is 5.16 Å². The molecule has 0 spiro atoms. The van der Waals surface area contributed by atoms with Gasteiger partial charge in [0.1, 0.15) is 5.82 Å². The predicted octanol–water partition coefficient (Wildman–Crippen LogP) is 0.341. The van der Waals surface area contributed by atoms with Gasteiger partial charge in [-0.2, -0.15) is 5.10 Å². The summed E-state index contributed by atoms with van der Waals surface area (Å²) in [5.74, 6) is 1.01. The summed E-state index contributed by atoms with van der Waals surface area (Å²) in [6.07, 6.45) is 3.61. The Morgan fingerprint density at radius 1 is 1.56 bits per heavy atom. The number of aromatic amines is 1. The third-order valence-electron chi connectivity index (χ3n) is 1.86. The van der Waals surface area contributed by atoms with Gasteiger partial charge in [0.25, 0.3) is 5.56 Å². The quantitative estimate of drug-likeness (QED) is 0.591. The zero-order chi connectivity index (χ0) is 11.4. The first-order chi connectivity index (χ1) is 7.74. The Hall–Kier alpha value is -1.76. The number of nitrogens with zero attached hydrogens (tertiary/aromatic N) is 3. The normalized spacial score (nSPS) is 10.5. The molecule has 16 heavy (non-hydrogen) atoms. The lowest BCUT2D eigenvalue weighted by molar-refractivity contribution is 0.665. The molecule has 2 aromatic heterocycles. The van der Waals surface area contributed by atoms with Gasteiger partial charge in [-0.05, 0) is 6.07 Å². The van der Waals surface area contributed by atoms with E-state index in [0.29, 0.717) is 5.16 Å². The Morgan fingerprint density at radius 3 is 3.12 bits per heavy atom. The molecule has 0 radical (unpaired) electrons.